The second kappa shape index (κ2) is 3.28. The van der Waals surface area contributed by atoms with E-state index in [4.69, 9.17) is 0 Å². The lowest BCUT2D eigenvalue weighted by atomic mass is 10.1. The van der Waals surface area contributed by atoms with Gasteiger partial charge in [-0.3, -0.25) is 0 Å². The highest BCUT2D eigenvalue weighted by Gasteiger charge is 2.15. The van der Waals surface area contributed by atoms with Crippen LogP contribution in [0.4, 0.5) is 0 Å². The summed E-state index contributed by atoms with van der Waals surface area (Å²) in [5.74, 6) is 2.31. The van der Waals surface area contributed by atoms with Gasteiger partial charge in [0.05, 0.1) is 0 Å². The molecule has 2 heteroatoms. The summed E-state index contributed by atoms with van der Waals surface area (Å²) in [7, 11) is 0. The van der Waals surface area contributed by atoms with Gasteiger partial charge in [0, 0.05) is 17.7 Å². The van der Waals surface area contributed by atoms with Gasteiger partial charge >= 0.3 is 0 Å². The third-order valence-electron chi connectivity index (χ3n) is 1.92. The Kier molecular flexibility index (Phi) is 2.15. The van der Waals surface area contributed by atoms with E-state index in [9.17, 15) is 0 Å². The molecule has 0 aliphatic carbocycles. The minimum atomic E-state index is 0.584. The molecule has 1 N–H and O–H groups in total. The Hall–Kier alpha value is -0.470. The van der Waals surface area contributed by atoms with Crippen molar-refractivity contribution in [2.24, 2.45) is 0 Å². The van der Waals surface area contributed by atoms with E-state index in [-0.39, 0.29) is 0 Å². The van der Waals surface area contributed by atoms with E-state index in [2.05, 4.69) is 35.6 Å². The summed E-state index contributed by atoms with van der Waals surface area (Å²) in [5.41, 5.74) is 1.41. The van der Waals surface area contributed by atoms with Crippen molar-refractivity contribution in [1.82, 2.24) is 5.32 Å². The first-order valence-corrected chi connectivity index (χ1v) is 4.98. The third-order valence-corrected chi connectivity index (χ3v) is 2.86. The molecule has 1 unspecified atom stereocenters. The van der Waals surface area contributed by atoms with Crippen LogP contribution in [0.1, 0.15) is 11.6 Å². The Balaban J connectivity index is 2.16. The van der Waals surface area contributed by atoms with E-state index in [1.54, 1.807) is 0 Å². The van der Waals surface area contributed by atoms with Crippen LogP contribution in [-0.2, 0) is 0 Å². The lowest BCUT2D eigenvalue weighted by molar-refractivity contribution is 0.677. The Morgan fingerprint density at radius 1 is 1.27 bits per heavy atom. The predicted octanol–water partition coefficient (Wildman–Crippen LogP) is 2.02. The van der Waals surface area contributed by atoms with Crippen molar-refractivity contribution in [3.8, 4) is 0 Å². The van der Waals surface area contributed by atoms with E-state index in [1.807, 2.05) is 11.8 Å². The Labute approximate surface area is 71.2 Å². The first-order chi connectivity index (χ1) is 5.47. The molecule has 58 valence electrons. The fourth-order valence-electron chi connectivity index (χ4n) is 1.29. The summed E-state index contributed by atoms with van der Waals surface area (Å²) in [6.07, 6.45) is 0. The Morgan fingerprint density at radius 3 is 2.73 bits per heavy atom. The number of thioether (sulfide) groups is 1. The molecule has 0 bridgehead atoms. The van der Waals surface area contributed by atoms with Gasteiger partial charge in [0.25, 0.3) is 0 Å². The van der Waals surface area contributed by atoms with Gasteiger partial charge in [-0.25, -0.2) is 0 Å². The summed E-state index contributed by atoms with van der Waals surface area (Å²) in [6, 6.07) is 11.2. The van der Waals surface area contributed by atoms with E-state index in [1.165, 1.54) is 11.3 Å². The highest BCUT2D eigenvalue weighted by atomic mass is 32.2. The lowest BCUT2D eigenvalue weighted by Gasteiger charge is -2.07. The highest BCUT2D eigenvalue weighted by Crippen LogP contribution is 2.23. The molecule has 1 fully saturated rings. The van der Waals surface area contributed by atoms with Crippen molar-refractivity contribution in [2.45, 2.75) is 6.04 Å². The van der Waals surface area contributed by atoms with Crippen LogP contribution in [0.25, 0.3) is 0 Å². The predicted molar refractivity (Wildman–Crippen MR) is 49.6 cm³/mol. The van der Waals surface area contributed by atoms with Crippen molar-refractivity contribution in [3.63, 3.8) is 0 Å². The van der Waals surface area contributed by atoms with E-state index in [0.717, 1.165) is 5.88 Å². The zero-order valence-corrected chi connectivity index (χ0v) is 7.10. The zero-order valence-electron chi connectivity index (χ0n) is 6.29. The molecule has 0 spiro atoms. The Morgan fingerprint density at radius 2 is 2.09 bits per heavy atom. The van der Waals surface area contributed by atoms with Crippen LogP contribution in [0.15, 0.2) is 30.3 Å². The molecule has 0 saturated carbocycles. The van der Waals surface area contributed by atoms with Crippen LogP contribution < -0.4 is 5.32 Å². The van der Waals surface area contributed by atoms with Crippen molar-refractivity contribution in [1.29, 1.82) is 0 Å². The van der Waals surface area contributed by atoms with Crippen LogP contribution >= 0.6 is 11.8 Å². The maximum absolute atomic E-state index is 3.44. The van der Waals surface area contributed by atoms with Gasteiger partial charge < -0.3 is 5.32 Å². The first kappa shape index (κ1) is 7.19. The maximum atomic E-state index is 3.44. The highest BCUT2D eigenvalue weighted by molar-refractivity contribution is 7.99. The SMILES string of the molecule is c1ccc(C2CSCN2)cc1. The van der Waals surface area contributed by atoms with Crippen LogP contribution in [0, 0.1) is 0 Å². The summed E-state index contributed by atoms with van der Waals surface area (Å²) in [5, 5.41) is 3.44. The van der Waals surface area contributed by atoms with Gasteiger partial charge in [-0.1, -0.05) is 30.3 Å². The molecule has 11 heavy (non-hydrogen) atoms. The number of benzene rings is 1. The number of nitrogens with one attached hydrogen (secondary N) is 1. The minimum absolute atomic E-state index is 0.584. The second-order valence-corrected chi connectivity index (χ2v) is 3.71. The average Bonchev–Trinajstić information content (AvgIpc) is 2.58. The molecule has 1 aliphatic rings. The molecule has 0 radical (unpaired) electrons. The monoisotopic (exact) mass is 165 g/mol. The number of rotatable bonds is 1. The molecule has 1 aliphatic heterocycles. The van der Waals surface area contributed by atoms with Crippen LogP contribution in [-0.4, -0.2) is 11.6 Å². The van der Waals surface area contributed by atoms with Gasteiger partial charge in [0.1, 0.15) is 0 Å². The summed E-state index contributed by atoms with van der Waals surface area (Å²) in [4.78, 5) is 0. The van der Waals surface area contributed by atoms with Gasteiger partial charge in [-0.05, 0) is 5.56 Å². The lowest BCUT2D eigenvalue weighted by Crippen LogP contribution is -2.14. The van der Waals surface area contributed by atoms with Crippen LogP contribution in [0.3, 0.4) is 0 Å². The van der Waals surface area contributed by atoms with Crippen molar-refractivity contribution >= 4 is 11.8 Å². The fraction of sp³-hybridized carbons (Fsp3) is 0.333. The quantitative estimate of drug-likeness (QED) is 0.683. The van der Waals surface area contributed by atoms with Gasteiger partial charge in [-0.2, -0.15) is 0 Å². The van der Waals surface area contributed by atoms with E-state index >= 15 is 0 Å². The molecule has 1 aromatic rings. The zero-order chi connectivity index (χ0) is 7.52. The standard InChI is InChI=1S/C9H11NS/c1-2-4-8(5-3-1)9-6-11-7-10-9/h1-5,9-10H,6-7H2. The van der Waals surface area contributed by atoms with Gasteiger partial charge in [0.2, 0.25) is 0 Å². The third kappa shape index (κ3) is 1.57. The molecule has 1 saturated heterocycles. The van der Waals surface area contributed by atoms with Gasteiger partial charge in [0.15, 0.2) is 0 Å². The molecule has 2 rings (SSSR count). The molecule has 1 aromatic carbocycles. The summed E-state index contributed by atoms with van der Waals surface area (Å²) < 4.78 is 0. The molecule has 1 nitrogen and oxygen atoms in total. The van der Waals surface area contributed by atoms with Gasteiger partial charge in [-0.15, -0.1) is 11.8 Å². The van der Waals surface area contributed by atoms with E-state index < -0.39 is 0 Å². The van der Waals surface area contributed by atoms with Crippen molar-refractivity contribution in [2.75, 3.05) is 11.6 Å². The van der Waals surface area contributed by atoms with Crippen LogP contribution in [0.2, 0.25) is 0 Å². The molecule has 1 atom stereocenters. The second-order valence-electron chi connectivity index (χ2n) is 2.68. The summed E-state index contributed by atoms with van der Waals surface area (Å²) >= 11 is 1.97. The van der Waals surface area contributed by atoms with Crippen molar-refractivity contribution in [3.05, 3.63) is 35.9 Å². The topological polar surface area (TPSA) is 12.0 Å². The van der Waals surface area contributed by atoms with E-state index in [0.29, 0.717) is 6.04 Å². The maximum Gasteiger partial charge on any atom is 0.0423 e. The molecule has 1 heterocycles. The molecular weight excluding hydrogens is 154 g/mol. The Bertz CT molecular complexity index is 216. The largest absolute Gasteiger partial charge is 0.300 e. The fourth-order valence-corrected chi connectivity index (χ4v) is 2.28. The normalized spacial score (nSPS) is 23.8. The molecule has 0 aromatic heterocycles. The van der Waals surface area contributed by atoms with Crippen molar-refractivity contribution < 1.29 is 0 Å². The number of hydrogen-bond donors (Lipinski definition) is 1. The molecular formula is C9H11NS. The average molecular weight is 165 g/mol. The first-order valence-electron chi connectivity index (χ1n) is 3.83. The molecule has 0 amide bonds. The van der Waals surface area contributed by atoms with Crippen LogP contribution in [0.5, 0.6) is 0 Å². The summed E-state index contributed by atoms with van der Waals surface area (Å²) in [6.45, 7) is 0. The minimum Gasteiger partial charge on any atom is -0.300 e. The number of hydrogen-bond acceptors (Lipinski definition) is 2. The smallest absolute Gasteiger partial charge is 0.0423 e.